The van der Waals surface area contributed by atoms with Crippen molar-refractivity contribution in [3.05, 3.63) is 12.2 Å². The van der Waals surface area contributed by atoms with Gasteiger partial charge in [0.25, 0.3) is 0 Å². The summed E-state index contributed by atoms with van der Waals surface area (Å²) in [6, 6.07) is 0. The standard InChI is InChI=1S/C16H30O2/c1-3-5-7-9-10-11-12-14-16(17)18-15-13-8-6-4-2/h8,13H,3-7,9-12,14-15H2,1-2H3/b13-8+. The Bertz CT molecular complexity index is 209. The average molecular weight is 254 g/mol. The second-order valence-corrected chi connectivity index (χ2v) is 4.81. The van der Waals surface area contributed by atoms with E-state index in [0.717, 1.165) is 25.7 Å². The lowest BCUT2D eigenvalue weighted by molar-refractivity contribution is -0.142. The Hall–Kier alpha value is -0.790. The first-order valence-electron chi connectivity index (χ1n) is 7.61. The molecule has 0 N–H and O–H groups in total. The predicted molar refractivity (Wildman–Crippen MR) is 77.6 cm³/mol. The summed E-state index contributed by atoms with van der Waals surface area (Å²) >= 11 is 0. The SMILES string of the molecule is CCC/C=C/COC(=O)CCCCCCCCC. The van der Waals surface area contributed by atoms with E-state index in [9.17, 15) is 4.79 Å². The third kappa shape index (κ3) is 13.3. The van der Waals surface area contributed by atoms with Crippen LogP contribution in [0.1, 0.15) is 78.1 Å². The monoisotopic (exact) mass is 254 g/mol. The maximum atomic E-state index is 11.4. The van der Waals surface area contributed by atoms with Gasteiger partial charge in [-0.3, -0.25) is 4.79 Å². The van der Waals surface area contributed by atoms with Crippen molar-refractivity contribution >= 4 is 5.97 Å². The van der Waals surface area contributed by atoms with Crippen LogP contribution in [0.15, 0.2) is 12.2 Å². The molecule has 0 radical (unpaired) electrons. The van der Waals surface area contributed by atoms with E-state index >= 15 is 0 Å². The van der Waals surface area contributed by atoms with Crippen LogP contribution in [0.3, 0.4) is 0 Å². The Morgan fingerprint density at radius 1 is 0.889 bits per heavy atom. The highest BCUT2D eigenvalue weighted by Gasteiger charge is 2.00. The second kappa shape index (κ2) is 14.3. The van der Waals surface area contributed by atoms with Gasteiger partial charge < -0.3 is 4.74 Å². The number of hydrogen-bond donors (Lipinski definition) is 0. The Morgan fingerprint density at radius 3 is 2.22 bits per heavy atom. The molecule has 0 spiro atoms. The van der Waals surface area contributed by atoms with Gasteiger partial charge in [0, 0.05) is 6.42 Å². The van der Waals surface area contributed by atoms with Gasteiger partial charge in [-0.15, -0.1) is 0 Å². The van der Waals surface area contributed by atoms with Gasteiger partial charge in [0.05, 0.1) is 0 Å². The van der Waals surface area contributed by atoms with Crippen LogP contribution < -0.4 is 0 Å². The fraction of sp³-hybridized carbons (Fsp3) is 0.812. The van der Waals surface area contributed by atoms with Crippen LogP contribution in [0.4, 0.5) is 0 Å². The first-order valence-corrected chi connectivity index (χ1v) is 7.61. The summed E-state index contributed by atoms with van der Waals surface area (Å²) in [7, 11) is 0. The molecular weight excluding hydrogens is 224 g/mol. The molecule has 0 amide bonds. The van der Waals surface area contributed by atoms with Crippen LogP contribution >= 0.6 is 0 Å². The summed E-state index contributed by atoms with van der Waals surface area (Å²) in [5, 5.41) is 0. The average Bonchev–Trinajstić information content (AvgIpc) is 2.37. The highest BCUT2D eigenvalue weighted by Crippen LogP contribution is 2.08. The van der Waals surface area contributed by atoms with Crippen molar-refractivity contribution < 1.29 is 9.53 Å². The van der Waals surface area contributed by atoms with Gasteiger partial charge in [-0.05, 0) is 12.8 Å². The summed E-state index contributed by atoms with van der Waals surface area (Å²) in [5.74, 6) is -0.0512. The number of ether oxygens (including phenoxy) is 1. The zero-order valence-corrected chi connectivity index (χ0v) is 12.2. The Balaban J connectivity index is 3.21. The van der Waals surface area contributed by atoms with E-state index in [1.54, 1.807) is 0 Å². The third-order valence-electron chi connectivity index (χ3n) is 2.95. The number of carbonyl (C=O) groups is 1. The van der Waals surface area contributed by atoms with Gasteiger partial charge in [0.2, 0.25) is 0 Å². The first-order chi connectivity index (χ1) is 8.81. The molecule has 2 nitrogen and oxygen atoms in total. The number of hydrogen-bond acceptors (Lipinski definition) is 2. The van der Waals surface area contributed by atoms with Crippen molar-refractivity contribution in [2.45, 2.75) is 78.1 Å². The molecule has 0 saturated heterocycles. The van der Waals surface area contributed by atoms with E-state index in [-0.39, 0.29) is 5.97 Å². The van der Waals surface area contributed by atoms with Crippen molar-refractivity contribution in [3.8, 4) is 0 Å². The number of esters is 1. The quantitative estimate of drug-likeness (QED) is 0.277. The highest BCUT2D eigenvalue weighted by atomic mass is 16.5. The van der Waals surface area contributed by atoms with Crippen molar-refractivity contribution in [2.75, 3.05) is 6.61 Å². The third-order valence-corrected chi connectivity index (χ3v) is 2.95. The highest BCUT2D eigenvalue weighted by molar-refractivity contribution is 5.69. The van der Waals surface area contributed by atoms with E-state index in [2.05, 4.69) is 19.9 Å². The molecule has 0 aliphatic rings. The van der Waals surface area contributed by atoms with Crippen LogP contribution in [0, 0.1) is 0 Å². The molecule has 0 rings (SSSR count). The molecule has 0 aromatic rings. The molecule has 2 heteroatoms. The van der Waals surface area contributed by atoms with Crippen LogP contribution in [-0.2, 0) is 9.53 Å². The zero-order chi connectivity index (χ0) is 13.5. The van der Waals surface area contributed by atoms with E-state index in [1.807, 2.05) is 6.08 Å². The number of carbonyl (C=O) groups excluding carboxylic acids is 1. The van der Waals surface area contributed by atoms with Crippen molar-refractivity contribution in [2.24, 2.45) is 0 Å². The Morgan fingerprint density at radius 2 is 1.56 bits per heavy atom. The van der Waals surface area contributed by atoms with Crippen LogP contribution in [-0.4, -0.2) is 12.6 Å². The minimum atomic E-state index is -0.0512. The lowest BCUT2D eigenvalue weighted by Crippen LogP contribution is -2.03. The van der Waals surface area contributed by atoms with Gasteiger partial charge in [0.1, 0.15) is 6.61 Å². The van der Waals surface area contributed by atoms with Gasteiger partial charge in [-0.25, -0.2) is 0 Å². The predicted octanol–water partition coefficient (Wildman–Crippen LogP) is 5.03. The van der Waals surface area contributed by atoms with Gasteiger partial charge in [-0.2, -0.15) is 0 Å². The number of rotatable bonds is 12. The van der Waals surface area contributed by atoms with E-state index < -0.39 is 0 Å². The Kier molecular flexibility index (Phi) is 13.6. The molecule has 0 unspecified atom stereocenters. The molecule has 106 valence electrons. The van der Waals surface area contributed by atoms with Crippen LogP contribution in [0.2, 0.25) is 0 Å². The van der Waals surface area contributed by atoms with E-state index in [0.29, 0.717) is 13.0 Å². The normalized spacial score (nSPS) is 11.0. The smallest absolute Gasteiger partial charge is 0.306 e. The van der Waals surface area contributed by atoms with Crippen molar-refractivity contribution in [3.63, 3.8) is 0 Å². The molecule has 0 aromatic heterocycles. The van der Waals surface area contributed by atoms with E-state index in [4.69, 9.17) is 4.74 Å². The first kappa shape index (κ1) is 17.2. The molecule has 0 aromatic carbocycles. The summed E-state index contributed by atoms with van der Waals surface area (Å²) in [5.41, 5.74) is 0. The lowest BCUT2D eigenvalue weighted by atomic mass is 10.1. The van der Waals surface area contributed by atoms with Crippen LogP contribution in [0.25, 0.3) is 0 Å². The molecule has 0 fully saturated rings. The fourth-order valence-electron chi connectivity index (χ4n) is 1.79. The second-order valence-electron chi connectivity index (χ2n) is 4.81. The largest absolute Gasteiger partial charge is 0.461 e. The summed E-state index contributed by atoms with van der Waals surface area (Å²) in [6.07, 6.45) is 15.5. The van der Waals surface area contributed by atoms with Crippen molar-refractivity contribution in [1.82, 2.24) is 0 Å². The summed E-state index contributed by atoms with van der Waals surface area (Å²) in [4.78, 5) is 11.4. The molecule has 0 aliphatic carbocycles. The Labute approximate surface area is 113 Å². The zero-order valence-electron chi connectivity index (χ0n) is 12.2. The van der Waals surface area contributed by atoms with E-state index in [1.165, 1.54) is 32.1 Å². The topological polar surface area (TPSA) is 26.3 Å². The molecule has 0 heterocycles. The number of unbranched alkanes of at least 4 members (excludes halogenated alkanes) is 7. The maximum absolute atomic E-state index is 11.4. The van der Waals surface area contributed by atoms with Gasteiger partial charge >= 0.3 is 5.97 Å². The fourth-order valence-corrected chi connectivity index (χ4v) is 1.79. The molecule has 0 atom stereocenters. The number of allylic oxidation sites excluding steroid dienone is 1. The molecule has 0 saturated carbocycles. The molecular formula is C16H30O2. The lowest BCUT2D eigenvalue weighted by Gasteiger charge is -2.02. The minimum Gasteiger partial charge on any atom is -0.461 e. The molecule has 18 heavy (non-hydrogen) atoms. The van der Waals surface area contributed by atoms with Crippen molar-refractivity contribution in [1.29, 1.82) is 0 Å². The summed E-state index contributed by atoms with van der Waals surface area (Å²) < 4.78 is 5.11. The van der Waals surface area contributed by atoms with Gasteiger partial charge in [-0.1, -0.05) is 70.9 Å². The van der Waals surface area contributed by atoms with Gasteiger partial charge in [0.15, 0.2) is 0 Å². The molecule has 0 aliphatic heterocycles. The summed E-state index contributed by atoms with van der Waals surface area (Å²) in [6.45, 7) is 4.80. The molecule has 0 bridgehead atoms. The van der Waals surface area contributed by atoms with Crippen LogP contribution in [0.5, 0.6) is 0 Å². The maximum Gasteiger partial charge on any atom is 0.306 e. The minimum absolute atomic E-state index is 0.0512.